The lowest BCUT2D eigenvalue weighted by Crippen LogP contribution is -2.44. The van der Waals surface area contributed by atoms with E-state index in [9.17, 15) is 9.59 Å². The van der Waals surface area contributed by atoms with E-state index in [1.165, 1.54) is 14.2 Å². The molecule has 0 rings (SSSR count). The number of methoxy groups -OCH3 is 2. The zero-order chi connectivity index (χ0) is 13.5. The number of carbonyl (C=O) groups is 2. The van der Waals surface area contributed by atoms with Crippen LogP contribution in [-0.4, -0.2) is 44.5 Å². The van der Waals surface area contributed by atoms with Gasteiger partial charge in [-0.25, -0.2) is 9.59 Å². The average Bonchev–Trinajstić information content (AvgIpc) is 2.20. The van der Waals surface area contributed by atoms with Crippen LogP contribution in [0.15, 0.2) is 0 Å². The number of ether oxygens (including phenoxy) is 3. The van der Waals surface area contributed by atoms with Gasteiger partial charge >= 0.3 is 12.1 Å². The topological polar surface area (TPSA) is 73.9 Å². The van der Waals surface area contributed by atoms with Crippen LogP contribution in [0.1, 0.15) is 27.2 Å². The fourth-order valence-corrected chi connectivity index (χ4v) is 1.08. The molecule has 0 aliphatic rings. The standard InChI is InChI=1S/C11H21NO5/c1-11(2,3)17-10(14)12-8(6-7-15-4)9(13)16-5/h8H,6-7H2,1-5H3,(H,12,14)/t8-/m1/s1. The summed E-state index contributed by atoms with van der Waals surface area (Å²) >= 11 is 0. The zero-order valence-corrected chi connectivity index (χ0v) is 11.0. The lowest BCUT2D eigenvalue weighted by atomic mass is 10.2. The van der Waals surface area contributed by atoms with Crippen molar-refractivity contribution in [2.75, 3.05) is 20.8 Å². The molecule has 17 heavy (non-hydrogen) atoms. The summed E-state index contributed by atoms with van der Waals surface area (Å²) in [6.45, 7) is 5.58. The maximum Gasteiger partial charge on any atom is 0.408 e. The Hall–Kier alpha value is -1.30. The number of rotatable bonds is 5. The molecule has 100 valence electrons. The summed E-state index contributed by atoms with van der Waals surface area (Å²) in [6, 6.07) is -0.755. The van der Waals surface area contributed by atoms with Crippen molar-refractivity contribution in [1.29, 1.82) is 0 Å². The Morgan fingerprint density at radius 3 is 2.24 bits per heavy atom. The van der Waals surface area contributed by atoms with Crippen molar-refractivity contribution in [1.82, 2.24) is 5.32 Å². The number of esters is 1. The van der Waals surface area contributed by atoms with E-state index < -0.39 is 23.7 Å². The van der Waals surface area contributed by atoms with Gasteiger partial charge in [-0.15, -0.1) is 0 Å². The quantitative estimate of drug-likeness (QED) is 0.736. The van der Waals surface area contributed by atoms with Crippen LogP contribution >= 0.6 is 0 Å². The first-order valence-electron chi connectivity index (χ1n) is 5.36. The van der Waals surface area contributed by atoms with Crippen molar-refractivity contribution in [3.8, 4) is 0 Å². The predicted octanol–water partition coefficient (Wildman–Crippen LogP) is 1.09. The molecule has 0 bridgehead atoms. The van der Waals surface area contributed by atoms with E-state index in [4.69, 9.17) is 9.47 Å². The maximum atomic E-state index is 11.5. The van der Waals surface area contributed by atoms with Crippen LogP contribution in [0.3, 0.4) is 0 Å². The van der Waals surface area contributed by atoms with Crippen molar-refractivity contribution >= 4 is 12.1 Å². The van der Waals surface area contributed by atoms with Gasteiger partial charge in [0.1, 0.15) is 11.6 Å². The molecule has 0 aromatic heterocycles. The van der Waals surface area contributed by atoms with E-state index in [1.54, 1.807) is 20.8 Å². The molecule has 0 radical (unpaired) electrons. The van der Waals surface area contributed by atoms with Crippen LogP contribution in [-0.2, 0) is 19.0 Å². The highest BCUT2D eigenvalue weighted by Crippen LogP contribution is 2.07. The second-order valence-electron chi connectivity index (χ2n) is 4.50. The maximum absolute atomic E-state index is 11.5. The minimum Gasteiger partial charge on any atom is -0.467 e. The van der Waals surface area contributed by atoms with Gasteiger partial charge in [-0.2, -0.15) is 0 Å². The average molecular weight is 247 g/mol. The van der Waals surface area contributed by atoms with Gasteiger partial charge in [0.05, 0.1) is 7.11 Å². The van der Waals surface area contributed by atoms with Crippen LogP contribution < -0.4 is 5.32 Å². The first-order chi connectivity index (χ1) is 7.80. The largest absolute Gasteiger partial charge is 0.467 e. The smallest absolute Gasteiger partial charge is 0.408 e. The third kappa shape index (κ3) is 7.57. The van der Waals surface area contributed by atoms with Crippen molar-refractivity contribution in [2.24, 2.45) is 0 Å². The summed E-state index contributed by atoms with van der Waals surface area (Å²) in [5.74, 6) is -0.520. The van der Waals surface area contributed by atoms with E-state index in [0.717, 1.165) is 0 Å². The van der Waals surface area contributed by atoms with Crippen LogP contribution in [0, 0.1) is 0 Å². The first-order valence-corrected chi connectivity index (χ1v) is 5.36. The molecule has 1 atom stereocenters. The van der Waals surface area contributed by atoms with Gasteiger partial charge in [0.2, 0.25) is 0 Å². The molecule has 0 fully saturated rings. The second kappa shape index (κ2) is 7.11. The molecule has 0 unspecified atom stereocenters. The molecule has 0 heterocycles. The van der Waals surface area contributed by atoms with E-state index in [-0.39, 0.29) is 0 Å². The van der Waals surface area contributed by atoms with Gasteiger partial charge in [0.15, 0.2) is 0 Å². The van der Waals surface area contributed by atoms with Crippen LogP contribution in [0.2, 0.25) is 0 Å². The molecule has 0 aliphatic carbocycles. The Bertz CT molecular complexity index is 259. The molecule has 0 saturated heterocycles. The van der Waals surface area contributed by atoms with Crippen molar-refractivity contribution in [3.05, 3.63) is 0 Å². The summed E-state index contributed by atoms with van der Waals surface area (Å²) in [6.07, 6.45) is -0.313. The molecule has 0 aliphatic heterocycles. The summed E-state index contributed by atoms with van der Waals surface area (Å²) in [5, 5.41) is 2.44. The summed E-state index contributed by atoms with van der Waals surface area (Å²) < 4.78 is 14.5. The third-order valence-electron chi connectivity index (χ3n) is 1.79. The predicted molar refractivity (Wildman–Crippen MR) is 61.7 cm³/mol. The molecule has 0 aromatic rings. The molecular weight excluding hydrogens is 226 g/mol. The van der Waals surface area contributed by atoms with Gasteiger partial charge in [-0.3, -0.25) is 0 Å². The second-order valence-corrected chi connectivity index (χ2v) is 4.50. The van der Waals surface area contributed by atoms with Gasteiger partial charge < -0.3 is 19.5 Å². The summed E-state index contributed by atoms with van der Waals surface area (Å²) in [4.78, 5) is 22.8. The van der Waals surface area contributed by atoms with Gasteiger partial charge in [-0.05, 0) is 20.8 Å². The normalized spacial score (nSPS) is 12.8. The van der Waals surface area contributed by atoms with E-state index in [0.29, 0.717) is 13.0 Å². The summed E-state index contributed by atoms with van der Waals surface area (Å²) in [7, 11) is 2.78. The number of hydrogen-bond donors (Lipinski definition) is 1. The lowest BCUT2D eigenvalue weighted by Gasteiger charge is -2.22. The number of amides is 1. The highest BCUT2D eigenvalue weighted by Gasteiger charge is 2.24. The molecule has 0 spiro atoms. The molecule has 6 heteroatoms. The number of alkyl carbamates (subject to hydrolysis) is 1. The van der Waals surface area contributed by atoms with Crippen LogP contribution in [0.25, 0.3) is 0 Å². The van der Waals surface area contributed by atoms with Crippen molar-refractivity contribution in [2.45, 2.75) is 38.8 Å². The first kappa shape index (κ1) is 15.7. The Morgan fingerprint density at radius 2 is 1.82 bits per heavy atom. The SMILES string of the molecule is COCC[C@@H](NC(=O)OC(C)(C)C)C(=O)OC. The molecule has 1 N–H and O–H groups in total. The molecule has 1 amide bonds. The minimum atomic E-state index is -0.755. The molecule has 6 nitrogen and oxygen atoms in total. The Kier molecular flexibility index (Phi) is 6.57. The Labute approximate surface area is 102 Å². The van der Waals surface area contributed by atoms with E-state index >= 15 is 0 Å². The summed E-state index contributed by atoms with van der Waals surface area (Å²) in [5.41, 5.74) is -0.605. The van der Waals surface area contributed by atoms with E-state index in [1.807, 2.05) is 0 Å². The van der Waals surface area contributed by atoms with Crippen LogP contribution in [0.5, 0.6) is 0 Å². The van der Waals surface area contributed by atoms with Gasteiger partial charge in [0, 0.05) is 20.1 Å². The Balaban J connectivity index is 4.32. The monoisotopic (exact) mass is 247 g/mol. The molecular formula is C11H21NO5. The highest BCUT2D eigenvalue weighted by molar-refractivity contribution is 5.81. The molecule has 0 saturated carbocycles. The lowest BCUT2D eigenvalue weighted by molar-refractivity contribution is -0.143. The van der Waals surface area contributed by atoms with E-state index in [2.05, 4.69) is 10.1 Å². The minimum absolute atomic E-state index is 0.336. The third-order valence-corrected chi connectivity index (χ3v) is 1.79. The van der Waals surface area contributed by atoms with Gasteiger partial charge in [-0.1, -0.05) is 0 Å². The number of nitrogens with one attached hydrogen (secondary N) is 1. The zero-order valence-electron chi connectivity index (χ0n) is 11.0. The van der Waals surface area contributed by atoms with Crippen molar-refractivity contribution in [3.63, 3.8) is 0 Å². The van der Waals surface area contributed by atoms with Crippen LogP contribution in [0.4, 0.5) is 4.79 Å². The number of hydrogen-bond acceptors (Lipinski definition) is 5. The Morgan fingerprint density at radius 1 is 1.24 bits per heavy atom. The fraction of sp³-hybridized carbons (Fsp3) is 0.818. The van der Waals surface area contributed by atoms with Crippen molar-refractivity contribution < 1.29 is 23.8 Å². The highest BCUT2D eigenvalue weighted by atomic mass is 16.6. The number of carbonyl (C=O) groups excluding carboxylic acids is 2. The molecule has 0 aromatic carbocycles. The van der Waals surface area contributed by atoms with Gasteiger partial charge in [0.25, 0.3) is 0 Å². The fourth-order valence-electron chi connectivity index (χ4n) is 1.08.